The predicted molar refractivity (Wildman–Crippen MR) is 69.6 cm³/mol. The van der Waals surface area contributed by atoms with E-state index in [1.54, 1.807) is 12.1 Å². The van der Waals surface area contributed by atoms with E-state index in [1.165, 1.54) is 6.07 Å². The highest BCUT2D eigenvalue weighted by Crippen LogP contribution is 2.40. The first kappa shape index (κ1) is 15.2. The van der Waals surface area contributed by atoms with Gasteiger partial charge in [-0.3, -0.25) is 0 Å². The van der Waals surface area contributed by atoms with Crippen molar-refractivity contribution in [3.05, 3.63) is 47.0 Å². The van der Waals surface area contributed by atoms with Gasteiger partial charge in [0.15, 0.2) is 11.5 Å². The van der Waals surface area contributed by atoms with Gasteiger partial charge in [-0.15, -0.1) is 0 Å². The van der Waals surface area contributed by atoms with Crippen molar-refractivity contribution in [1.82, 2.24) is 0 Å². The standard InChI is InChI=1S/C15H7F3N2O2/c16-15(17,18)10-3-1-2-8(4-10)13-9(6-19)5-12(21)14(22)11(13)7-20/h1-5,21-22H. The maximum Gasteiger partial charge on any atom is 0.416 e. The first-order valence-corrected chi connectivity index (χ1v) is 5.86. The molecule has 0 aliphatic carbocycles. The van der Waals surface area contributed by atoms with Crippen LogP contribution in [0.2, 0.25) is 0 Å². The quantitative estimate of drug-likeness (QED) is 0.789. The lowest BCUT2D eigenvalue weighted by molar-refractivity contribution is -0.137. The normalized spacial score (nSPS) is 10.8. The molecule has 0 aliphatic heterocycles. The van der Waals surface area contributed by atoms with E-state index < -0.39 is 28.8 Å². The average molecular weight is 304 g/mol. The first-order valence-electron chi connectivity index (χ1n) is 5.86. The monoisotopic (exact) mass is 304 g/mol. The zero-order chi connectivity index (χ0) is 16.5. The minimum Gasteiger partial charge on any atom is -0.504 e. The molecule has 0 spiro atoms. The molecule has 7 heteroatoms. The third kappa shape index (κ3) is 2.52. The van der Waals surface area contributed by atoms with E-state index in [0.717, 1.165) is 24.3 Å². The minimum atomic E-state index is -4.59. The van der Waals surface area contributed by atoms with E-state index in [2.05, 4.69) is 0 Å². The van der Waals surface area contributed by atoms with E-state index in [0.29, 0.717) is 0 Å². The number of alkyl halides is 3. The van der Waals surface area contributed by atoms with Gasteiger partial charge in [0.05, 0.1) is 17.2 Å². The highest BCUT2D eigenvalue weighted by molar-refractivity contribution is 5.81. The van der Waals surface area contributed by atoms with Crippen LogP contribution in [0.3, 0.4) is 0 Å². The Morgan fingerprint density at radius 1 is 1.00 bits per heavy atom. The topological polar surface area (TPSA) is 88.0 Å². The molecular formula is C15H7F3N2O2. The second-order valence-corrected chi connectivity index (χ2v) is 4.34. The summed E-state index contributed by atoms with van der Waals surface area (Å²) in [5.74, 6) is -1.47. The van der Waals surface area contributed by atoms with Crippen molar-refractivity contribution in [2.24, 2.45) is 0 Å². The first-order chi connectivity index (χ1) is 10.3. The average Bonchev–Trinajstić information content (AvgIpc) is 2.48. The molecule has 0 amide bonds. The Kier molecular flexibility index (Phi) is 3.66. The Morgan fingerprint density at radius 2 is 1.68 bits per heavy atom. The summed E-state index contributed by atoms with van der Waals surface area (Å²) in [4.78, 5) is 0. The molecule has 0 fully saturated rings. The zero-order valence-electron chi connectivity index (χ0n) is 10.8. The number of phenols is 2. The van der Waals surface area contributed by atoms with Gasteiger partial charge in [0.2, 0.25) is 0 Å². The van der Waals surface area contributed by atoms with E-state index in [4.69, 9.17) is 10.5 Å². The van der Waals surface area contributed by atoms with Crippen LogP contribution >= 0.6 is 0 Å². The summed E-state index contributed by atoms with van der Waals surface area (Å²) in [6, 6.07) is 8.21. The van der Waals surface area contributed by atoms with Crippen LogP contribution in [-0.4, -0.2) is 10.2 Å². The van der Waals surface area contributed by atoms with Gasteiger partial charge in [-0.25, -0.2) is 0 Å². The molecule has 4 nitrogen and oxygen atoms in total. The molecule has 2 aromatic carbocycles. The van der Waals surface area contributed by atoms with Crippen LogP contribution in [0.1, 0.15) is 16.7 Å². The van der Waals surface area contributed by atoms with Crippen LogP contribution in [0, 0.1) is 22.7 Å². The Labute approximate surface area is 122 Å². The number of aromatic hydroxyl groups is 2. The van der Waals surface area contributed by atoms with Crippen LogP contribution in [0.25, 0.3) is 11.1 Å². The summed E-state index contributed by atoms with van der Waals surface area (Å²) in [6.45, 7) is 0. The third-order valence-electron chi connectivity index (χ3n) is 2.99. The van der Waals surface area contributed by atoms with Gasteiger partial charge in [-0.1, -0.05) is 12.1 Å². The molecule has 2 N–H and O–H groups in total. The second-order valence-electron chi connectivity index (χ2n) is 4.34. The predicted octanol–water partition coefficient (Wildman–Crippen LogP) is 3.53. The maximum atomic E-state index is 12.8. The van der Waals surface area contributed by atoms with E-state index in [1.807, 2.05) is 0 Å². The summed E-state index contributed by atoms with van der Waals surface area (Å²) < 4.78 is 38.3. The van der Waals surface area contributed by atoms with Crippen LogP contribution in [0.4, 0.5) is 13.2 Å². The maximum absolute atomic E-state index is 12.8. The van der Waals surface area contributed by atoms with Gasteiger partial charge in [-0.2, -0.15) is 23.7 Å². The fourth-order valence-electron chi connectivity index (χ4n) is 2.01. The highest BCUT2D eigenvalue weighted by atomic mass is 19.4. The number of hydrogen-bond acceptors (Lipinski definition) is 4. The molecule has 0 saturated heterocycles. The number of rotatable bonds is 1. The van der Waals surface area contributed by atoms with Gasteiger partial charge in [0.1, 0.15) is 11.6 Å². The van der Waals surface area contributed by atoms with Crippen molar-refractivity contribution in [3.63, 3.8) is 0 Å². The molecule has 0 atom stereocenters. The number of nitriles is 2. The van der Waals surface area contributed by atoms with Gasteiger partial charge >= 0.3 is 6.18 Å². The van der Waals surface area contributed by atoms with Gasteiger partial charge in [0, 0.05) is 11.6 Å². The van der Waals surface area contributed by atoms with Crippen molar-refractivity contribution in [2.75, 3.05) is 0 Å². The molecule has 0 heterocycles. The Hall–Kier alpha value is -3.19. The number of phenolic OH excluding ortho intramolecular Hbond substituents is 2. The summed E-state index contributed by atoms with van der Waals surface area (Å²) in [7, 11) is 0. The molecule has 0 aromatic heterocycles. The molecule has 2 aromatic rings. The van der Waals surface area contributed by atoms with Crippen molar-refractivity contribution < 1.29 is 23.4 Å². The SMILES string of the molecule is N#Cc1cc(O)c(O)c(C#N)c1-c1cccc(C(F)(F)F)c1. The lowest BCUT2D eigenvalue weighted by Crippen LogP contribution is -2.05. The Bertz CT molecular complexity index is 830. The number of benzene rings is 2. The fourth-order valence-corrected chi connectivity index (χ4v) is 2.01. The summed E-state index contributed by atoms with van der Waals surface area (Å²) in [5.41, 5.74) is -1.85. The number of hydrogen-bond donors (Lipinski definition) is 2. The fraction of sp³-hybridized carbons (Fsp3) is 0.0667. The van der Waals surface area contributed by atoms with Gasteiger partial charge < -0.3 is 10.2 Å². The van der Waals surface area contributed by atoms with E-state index >= 15 is 0 Å². The summed E-state index contributed by atoms with van der Waals surface area (Å²) >= 11 is 0. The molecular weight excluding hydrogens is 297 g/mol. The Morgan fingerprint density at radius 3 is 2.23 bits per heavy atom. The van der Waals surface area contributed by atoms with Crippen molar-refractivity contribution >= 4 is 0 Å². The summed E-state index contributed by atoms with van der Waals surface area (Å²) in [6.07, 6.45) is -4.59. The molecule has 0 saturated carbocycles. The van der Waals surface area contributed by atoms with Crippen LogP contribution in [0.5, 0.6) is 11.5 Å². The van der Waals surface area contributed by atoms with Crippen molar-refractivity contribution in [3.8, 4) is 34.8 Å². The molecule has 0 aliphatic rings. The largest absolute Gasteiger partial charge is 0.504 e. The summed E-state index contributed by atoms with van der Waals surface area (Å²) in [5, 5.41) is 37.3. The lowest BCUT2D eigenvalue weighted by Gasteiger charge is -2.12. The van der Waals surface area contributed by atoms with Gasteiger partial charge in [0.25, 0.3) is 0 Å². The molecule has 0 radical (unpaired) electrons. The smallest absolute Gasteiger partial charge is 0.416 e. The number of halogens is 3. The second kappa shape index (κ2) is 5.30. The molecule has 2 rings (SSSR count). The van der Waals surface area contributed by atoms with Crippen LogP contribution in [-0.2, 0) is 6.18 Å². The van der Waals surface area contributed by atoms with Crippen LogP contribution < -0.4 is 0 Å². The van der Waals surface area contributed by atoms with Crippen molar-refractivity contribution in [1.29, 1.82) is 10.5 Å². The third-order valence-corrected chi connectivity index (χ3v) is 2.99. The van der Waals surface area contributed by atoms with Crippen LogP contribution in [0.15, 0.2) is 30.3 Å². The van der Waals surface area contributed by atoms with E-state index in [-0.39, 0.29) is 16.7 Å². The highest BCUT2D eigenvalue weighted by Gasteiger charge is 2.31. The molecule has 22 heavy (non-hydrogen) atoms. The van der Waals surface area contributed by atoms with Crippen molar-refractivity contribution in [2.45, 2.75) is 6.18 Å². The lowest BCUT2D eigenvalue weighted by atomic mass is 9.93. The molecule has 110 valence electrons. The Balaban J connectivity index is 2.82. The molecule has 0 unspecified atom stereocenters. The number of nitrogens with zero attached hydrogens (tertiary/aromatic N) is 2. The molecule has 0 bridgehead atoms. The minimum absolute atomic E-state index is 0.0572. The van der Waals surface area contributed by atoms with Gasteiger partial charge in [-0.05, 0) is 17.7 Å². The zero-order valence-corrected chi connectivity index (χ0v) is 10.8. The van der Waals surface area contributed by atoms with E-state index in [9.17, 15) is 23.4 Å².